The molecule has 8 heteroatoms. The lowest BCUT2D eigenvalue weighted by atomic mass is 10.0. The molecule has 1 aromatic carbocycles. The van der Waals surface area contributed by atoms with Crippen molar-refractivity contribution < 1.29 is 14.3 Å². The number of amides is 1. The zero-order chi connectivity index (χ0) is 17.1. The standard InChI is InChI=1S/C16H15Cl2N3O3/c17-11-4-3-10(8-12(11)18)14-2-1-7-21(14)15(22)9-24-16(23)13-5-6-19-20-13/h3-6,8,14H,1-2,7,9H2,(H,19,20)/t14-/m0/s1. The molecular formula is C16H15Cl2N3O3. The van der Waals surface area contributed by atoms with Gasteiger partial charge in [0.1, 0.15) is 5.69 Å². The third-order valence-electron chi connectivity index (χ3n) is 3.95. The number of rotatable bonds is 4. The quantitative estimate of drug-likeness (QED) is 0.841. The third kappa shape index (κ3) is 3.55. The van der Waals surface area contributed by atoms with Crippen LogP contribution < -0.4 is 0 Å². The molecule has 2 heterocycles. The highest BCUT2D eigenvalue weighted by atomic mass is 35.5. The van der Waals surface area contributed by atoms with Crippen molar-refractivity contribution in [2.45, 2.75) is 18.9 Å². The van der Waals surface area contributed by atoms with E-state index in [1.807, 2.05) is 6.07 Å². The summed E-state index contributed by atoms with van der Waals surface area (Å²) in [6, 6.07) is 6.76. The number of benzene rings is 1. The van der Waals surface area contributed by atoms with Crippen LogP contribution in [0.5, 0.6) is 0 Å². The van der Waals surface area contributed by atoms with E-state index in [1.165, 1.54) is 12.3 Å². The largest absolute Gasteiger partial charge is 0.451 e. The SMILES string of the molecule is O=C(OCC(=O)N1CCC[C@H]1c1ccc(Cl)c(Cl)c1)c1ccn[nH]1. The number of ether oxygens (including phenoxy) is 1. The summed E-state index contributed by atoms with van der Waals surface area (Å²) in [5, 5.41) is 7.10. The Morgan fingerprint density at radius 3 is 2.83 bits per heavy atom. The van der Waals surface area contributed by atoms with Crippen molar-refractivity contribution in [3.63, 3.8) is 0 Å². The maximum Gasteiger partial charge on any atom is 0.356 e. The lowest BCUT2D eigenvalue weighted by Crippen LogP contribution is -2.34. The summed E-state index contributed by atoms with van der Waals surface area (Å²) in [6.07, 6.45) is 3.16. The third-order valence-corrected chi connectivity index (χ3v) is 4.69. The Morgan fingerprint density at radius 2 is 2.12 bits per heavy atom. The number of likely N-dealkylation sites (tertiary alicyclic amines) is 1. The van der Waals surface area contributed by atoms with Crippen LogP contribution in [-0.2, 0) is 9.53 Å². The van der Waals surface area contributed by atoms with E-state index in [9.17, 15) is 9.59 Å². The molecule has 1 amide bonds. The van der Waals surface area contributed by atoms with E-state index in [-0.39, 0.29) is 24.2 Å². The Kier molecular flexibility index (Phi) is 5.06. The number of H-pyrrole nitrogens is 1. The monoisotopic (exact) mass is 367 g/mol. The van der Waals surface area contributed by atoms with Gasteiger partial charge in [0.25, 0.3) is 5.91 Å². The van der Waals surface area contributed by atoms with E-state index in [0.717, 1.165) is 18.4 Å². The molecule has 24 heavy (non-hydrogen) atoms. The van der Waals surface area contributed by atoms with Crippen molar-refractivity contribution >= 4 is 35.1 Å². The number of carbonyl (C=O) groups is 2. The fourth-order valence-corrected chi connectivity index (χ4v) is 3.10. The van der Waals surface area contributed by atoms with Gasteiger partial charge < -0.3 is 9.64 Å². The highest BCUT2D eigenvalue weighted by Gasteiger charge is 2.30. The second kappa shape index (κ2) is 7.23. The minimum Gasteiger partial charge on any atom is -0.451 e. The zero-order valence-electron chi connectivity index (χ0n) is 12.7. The molecule has 3 rings (SSSR count). The van der Waals surface area contributed by atoms with Crippen molar-refractivity contribution in [3.8, 4) is 0 Å². The van der Waals surface area contributed by atoms with Crippen LogP contribution in [0.1, 0.15) is 34.9 Å². The molecule has 1 saturated heterocycles. The maximum atomic E-state index is 12.4. The fourth-order valence-electron chi connectivity index (χ4n) is 2.79. The minimum atomic E-state index is -0.605. The average molecular weight is 368 g/mol. The molecule has 0 radical (unpaired) electrons. The normalized spacial score (nSPS) is 17.1. The molecule has 0 spiro atoms. The summed E-state index contributed by atoms with van der Waals surface area (Å²) in [6.45, 7) is 0.307. The maximum absolute atomic E-state index is 12.4. The molecule has 1 aliphatic rings. The first-order chi connectivity index (χ1) is 11.6. The summed E-state index contributed by atoms with van der Waals surface area (Å²) in [4.78, 5) is 25.9. The second-order valence-corrected chi connectivity index (χ2v) is 6.28. The molecule has 6 nitrogen and oxygen atoms in total. The van der Waals surface area contributed by atoms with Gasteiger partial charge in [-0.15, -0.1) is 0 Å². The number of esters is 1. The summed E-state index contributed by atoms with van der Waals surface area (Å²) in [5.41, 5.74) is 1.14. The van der Waals surface area contributed by atoms with Crippen LogP contribution in [0, 0.1) is 0 Å². The Labute approximate surface area is 148 Å². The summed E-state index contributed by atoms with van der Waals surface area (Å²) >= 11 is 12.0. The fraction of sp³-hybridized carbons (Fsp3) is 0.312. The lowest BCUT2D eigenvalue weighted by Gasteiger charge is -2.25. The van der Waals surface area contributed by atoms with Crippen molar-refractivity contribution in [1.82, 2.24) is 15.1 Å². The van der Waals surface area contributed by atoms with Gasteiger partial charge in [-0.2, -0.15) is 5.10 Å². The first-order valence-corrected chi connectivity index (χ1v) is 8.23. The van der Waals surface area contributed by atoms with E-state index in [4.69, 9.17) is 27.9 Å². The number of hydrogen-bond acceptors (Lipinski definition) is 4. The molecule has 0 bridgehead atoms. The summed E-state index contributed by atoms with van der Waals surface area (Å²) in [7, 11) is 0. The number of hydrogen-bond donors (Lipinski definition) is 1. The topological polar surface area (TPSA) is 75.3 Å². The van der Waals surface area contributed by atoms with Crippen LogP contribution in [0.4, 0.5) is 0 Å². The van der Waals surface area contributed by atoms with Crippen LogP contribution >= 0.6 is 23.2 Å². The molecule has 1 fully saturated rings. The molecule has 0 saturated carbocycles. The molecule has 1 N–H and O–H groups in total. The van der Waals surface area contributed by atoms with E-state index in [1.54, 1.807) is 17.0 Å². The molecule has 0 aliphatic carbocycles. The highest BCUT2D eigenvalue weighted by Crippen LogP contribution is 2.34. The first-order valence-electron chi connectivity index (χ1n) is 7.47. The Morgan fingerprint density at radius 1 is 1.29 bits per heavy atom. The van der Waals surface area contributed by atoms with Gasteiger partial charge in [-0.05, 0) is 36.6 Å². The van der Waals surface area contributed by atoms with Crippen LogP contribution in [0.2, 0.25) is 10.0 Å². The highest BCUT2D eigenvalue weighted by molar-refractivity contribution is 6.42. The Bertz CT molecular complexity index is 749. The van der Waals surface area contributed by atoms with Gasteiger partial charge in [-0.3, -0.25) is 9.89 Å². The Balaban J connectivity index is 1.65. The summed E-state index contributed by atoms with van der Waals surface area (Å²) in [5.74, 6) is -0.845. The number of aromatic nitrogens is 2. The van der Waals surface area contributed by atoms with Crippen molar-refractivity contribution in [3.05, 3.63) is 51.8 Å². The van der Waals surface area contributed by atoms with Gasteiger partial charge in [0.15, 0.2) is 6.61 Å². The summed E-state index contributed by atoms with van der Waals surface area (Å²) < 4.78 is 5.04. The van der Waals surface area contributed by atoms with Gasteiger partial charge in [0.2, 0.25) is 0 Å². The molecule has 2 aromatic rings. The van der Waals surface area contributed by atoms with Gasteiger partial charge in [-0.25, -0.2) is 4.79 Å². The molecule has 1 aromatic heterocycles. The predicted octanol–water partition coefficient (Wildman–Crippen LogP) is 3.24. The molecule has 1 aliphatic heterocycles. The smallest absolute Gasteiger partial charge is 0.356 e. The first kappa shape index (κ1) is 16.8. The van der Waals surface area contributed by atoms with Crippen LogP contribution in [0.25, 0.3) is 0 Å². The van der Waals surface area contributed by atoms with Crippen LogP contribution in [-0.4, -0.2) is 40.1 Å². The van der Waals surface area contributed by atoms with Gasteiger partial charge in [0.05, 0.1) is 16.1 Å². The van der Waals surface area contributed by atoms with Crippen molar-refractivity contribution in [2.75, 3.05) is 13.2 Å². The predicted molar refractivity (Wildman–Crippen MR) is 89.0 cm³/mol. The molecular weight excluding hydrogens is 353 g/mol. The Hall–Kier alpha value is -2.05. The minimum absolute atomic E-state index is 0.0851. The lowest BCUT2D eigenvalue weighted by molar-refractivity contribution is -0.135. The van der Waals surface area contributed by atoms with E-state index in [2.05, 4.69) is 10.2 Å². The zero-order valence-corrected chi connectivity index (χ0v) is 14.2. The van der Waals surface area contributed by atoms with Gasteiger partial charge in [-0.1, -0.05) is 29.3 Å². The average Bonchev–Trinajstić information content (AvgIpc) is 3.26. The van der Waals surface area contributed by atoms with E-state index >= 15 is 0 Å². The number of nitrogens with zero attached hydrogens (tertiary/aromatic N) is 2. The van der Waals surface area contributed by atoms with Gasteiger partial charge in [0, 0.05) is 12.7 Å². The molecule has 0 unspecified atom stereocenters. The number of halogens is 2. The van der Waals surface area contributed by atoms with Gasteiger partial charge >= 0.3 is 5.97 Å². The van der Waals surface area contributed by atoms with Crippen LogP contribution in [0.15, 0.2) is 30.5 Å². The van der Waals surface area contributed by atoms with Crippen molar-refractivity contribution in [2.24, 2.45) is 0 Å². The molecule has 126 valence electrons. The second-order valence-electron chi connectivity index (χ2n) is 5.47. The van der Waals surface area contributed by atoms with E-state index in [0.29, 0.717) is 16.6 Å². The van der Waals surface area contributed by atoms with E-state index < -0.39 is 5.97 Å². The van der Waals surface area contributed by atoms with Crippen molar-refractivity contribution in [1.29, 1.82) is 0 Å². The van der Waals surface area contributed by atoms with Crippen LogP contribution in [0.3, 0.4) is 0 Å². The number of carbonyl (C=O) groups excluding carboxylic acids is 2. The number of nitrogens with one attached hydrogen (secondary N) is 1. The molecule has 1 atom stereocenters. The number of aromatic amines is 1.